The van der Waals surface area contributed by atoms with Crippen LogP contribution in [0.1, 0.15) is 49.5 Å². The molecule has 0 fully saturated rings. The molecule has 104 valence electrons. The first kappa shape index (κ1) is 14.3. The van der Waals surface area contributed by atoms with E-state index in [4.69, 9.17) is 0 Å². The zero-order valence-corrected chi connectivity index (χ0v) is 12.8. The molecule has 1 unspecified atom stereocenters. The van der Waals surface area contributed by atoms with Crippen LogP contribution >= 0.6 is 11.3 Å². The van der Waals surface area contributed by atoms with E-state index >= 15 is 0 Å². The van der Waals surface area contributed by atoms with Crippen LogP contribution in [0.3, 0.4) is 0 Å². The first-order valence-electron chi connectivity index (χ1n) is 7.05. The predicted octanol–water partition coefficient (Wildman–Crippen LogP) is 3.62. The number of thiazole rings is 1. The van der Waals surface area contributed by atoms with Crippen molar-refractivity contribution in [2.45, 2.75) is 46.2 Å². The molecule has 0 radical (unpaired) electrons. The van der Waals surface area contributed by atoms with Crippen LogP contribution in [0.4, 0.5) is 0 Å². The van der Waals surface area contributed by atoms with E-state index in [1.807, 2.05) is 0 Å². The number of hydrogen-bond acceptors (Lipinski definition) is 3. The van der Waals surface area contributed by atoms with Crippen molar-refractivity contribution >= 4 is 11.3 Å². The van der Waals surface area contributed by atoms with Gasteiger partial charge in [-0.15, -0.1) is 11.3 Å². The second-order valence-electron chi connectivity index (χ2n) is 4.88. The molecule has 0 aliphatic rings. The summed E-state index contributed by atoms with van der Waals surface area (Å²) in [4.78, 5) is 4.67. The SMILES string of the molecule is CCCc1nc(Cn2ccc(C(C)NCC)c2)cs1. The van der Waals surface area contributed by atoms with E-state index in [2.05, 4.69) is 59.5 Å². The molecule has 0 aliphatic heterocycles. The number of hydrogen-bond donors (Lipinski definition) is 1. The van der Waals surface area contributed by atoms with Crippen molar-refractivity contribution in [3.63, 3.8) is 0 Å². The molecule has 0 amide bonds. The third-order valence-electron chi connectivity index (χ3n) is 3.19. The molecule has 2 aromatic heterocycles. The van der Waals surface area contributed by atoms with Gasteiger partial charge in [0, 0.05) is 23.8 Å². The Morgan fingerprint density at radius 1 is 1.42 bits per heavy atom. The standard InChI is InChI=1S/C15H23N3S/c1-4-6-15-17-14(11-19-15)10-18-8-7-13(9-18)12(3)16-5-2/h7-9,11-12,16H,4-6,10H2,1-3H3. The monoisotopic (exact) mass is 277 g/mol. The lowest BCUT2D eigenvalue weighted by Gasteiger charge is -2.09. The van der Waals surface area contributed by atoms with Crippen molar-refractivity contribution in [3.8, 4) is 0 Å². The Bertz CT molecular complexity index is 501. The molecule has 1 N–H and O–H groups in total. The lowest BCUT2D eigenvalue weighted by molar-refractivity contribution is 0.596. The molecule has 2 rings (SSSR count). The van der Waals surface area contributed by atoms with Gasteiger partial charge in [0.15, 0.2) is 0 Å². The Balaban J connectivity index is 1.98. The van der Waals surface area contributed by atoms with Gasteiger partial charge < -0.3 is 9.88 Å². The maximum absolute atomic E-state index is 4.67. The molecule has 0 spiro atoms. The van der Waals surface area contributed by atoms with Crippen molar-refractivity contribution in [2.24, 2.45) is 0 Å². The highest BCUT2D eigenvalue weighted by Gasteiger charge is 2.07. The van der Waals surface area contributed by atoms with E-state index in [0.717, 1.165) is 19.5 Å². The minimum atomic E-state index is 0.414. The van der Waals surface area contributed by atoms with Gasteiger partial charge in [0.2, 0.25) is 0 Å². The fraction of sp³-hybridized carbons (Fsp3) is 0.533. The zero-order valence-electron chi connectivity index (χ0n) is 12.0. The van der Waals surface area contributed by atoms with Crippen LogP contribution in [-0.4, -0.2) is 16.1 Å². The van der Waals surface area contributed by atoms with E-state index in [1.54, 1.807) is 11.3 Å². The number of nitrogens with one attached hydrogen (secondary N) is 1. The maximum atomic E-state index is 4.67. The highest BCUT2D eigenvalue weighted by molar-refractivity contribution is 7.09. The molecule has 3 nitrogen and oxygen atoms in total. The number of nitrogens with zero attached hydrogens (tertiary/aromatic N) is 2. The van der Waals surface area contributed by atoms with Crippen molar-refractivity contribution in [1.82, 2.24) is 14.9 Å². The molecule has 0 bridgehead atoms. The summed E-state index contributed by atoms with van der Waals surface area (Å²) in [6.07, 6.45) is 6.62. The van der Waals surface area contributed by atoms with Gasteiger partial charge in [-0.1, -0.05) is 13.8 Å². The van der Waals surface area contributed by atoms with Crippen LogP contribution < -0.4 is 5.32 Å². The van der Waals surface area contributed by atoms with Crippen molar-refractivity contribution in [3.05, 3.63) is 40.1 Å². The largest absolute Gasteiger partial charge is 0.348 e. The Morgan fingerprint density at radius 2 is 2.26 bits per heavy atom. The average Bonchev–Trinajstić information content (AvgIpc) is 3.00. The van der Waals surface area contributed by atoms with E-state index in [1.165, 1.54) is 22.7 Å². The summed E-state index contributed by atoms with van der Waals surface area (Å²) in [6, 6.07) is 2.60. The van der Waals surface area contributed by atoms with E-state index in [9.17, 15) is 0 Å². The summed E-state index contributed by atoms with van der Waals surface area (Å²) in [5.74, 6) is 0. The fourth-order valence-electron chi connectivity index (χ4n) is 2.18. The summed E-state index contributed by atoms with van der Waals surface area (Å²) < 4.78 is 2.22. The fourth-order valence-corrected chi connectivity index (χ4v) is 3.07. The third kappa shape index (κ3) is 3.91. The van der Waals surface area contributed by atoms with Crippen molar-refractivity contribution < 1.29 is 0 Å². The third-order valence-corrected chi connectivity index (χ3v) is 4.15. The molecule has 19 heavy (non-hydrogen) atoms. The average molecular weight is 277 g/mol. The van der Waals surface area contributed by atoms with Crippen LogP contribution in [0.25, 0.3) is 0 Å². The normalized spacial score (nSPS) is 12.8. The zero-order chi connectivity index (χ0) is 13.7. The van der Waals surface area contributed by atoms with Gasteiger partial charge in [0.1, 0.15) is 0 Å². The van der Waals surface area contributed by atoms with Gasteiger partial charge in [-0.25, -0.2) is 4.98 Å². The number of rotatable bonds is 7. The summed E-state index contributed by atoms with van der Waals surface area (Å²) in [5, 5.41) is 6.87. The maximum Gasteiger partial charge on any atom is 0.0928 e. The molecule has 0 aliphatic carbocycles. The van der Waals surface area contributed by atoms with Gasteiger partial charge in [-0.05, 0) is 37.9 Å². The van der Waals surface area contributed by atoms with E-state index in [-0.39, 0.29) is 0 Å². The van der Waals surface area contributed by atoms with Crippen LogP contribution in [0.5, 0.6) is 0 Å². The first-order chi connectivity index (χ1) is 9.22. The van der Waals surface area contributed by atoms with Gasteiger partial charge in [-0.2, -0.15) is 0 Å². The molecule has 4 heteroatoms. The molecule has 0 aromatic carbocycles. The quantitative estimate of drug-likeness (QED) is 0.838. The molecule has 0 saturated heterocycles. The Labute approximate surface area is 119 Å². The van der Waals surface area contributed by atoms with Gasteiger partial charge in [0.05, 0.1) is 17.2 Å². The molecule has 2 heterocycles. The van der Waals surface area contributed by atoms with E-state index < -0.39 is 0 Å². The summed E-state index contributed by atoms with van der Waals surface area (Å²) in [7, 11) is 0. The minimum Gasteiger partial charge on any atom is -0.348 e. The summed E-state index contributed by atoms with van der Waals surface area (Å²) in [6.45, 7) is 8.41. The molecule has 1 atom stereocenters. The number of aromatic nitrogens is 2. The predicted molar refractivity (Wildman–Crippen MR) is 81.7 cm³/mol. The lowest BCUT2D eigenvalue weighted by atomic mass is 10.2. The second-order valence-corrected chi connectivity index (χ2v) is 5.82. The topological polar surface area (TPSA) is 29.9 Å². The lowest BCUT2D eigenvalue weighted by Crippen LogP contribution is -2.17. The van der Waals surface area contributed by atoms with Crippen molar-refractivity contribution in [2.75, 3.05) is 6.54 Å². The Morgan fingerprint density at radius 3 is 3.00 bits per heavy atom. The van der Waals surface area contributed by atoms with Gasteiger partial charge >= 0.3 is 0 Å². The smallest absolute Gasteiger partial charge is 0.0928 e. The molecule has 0 saturated carbocycles. The minimum absolute atomic E-state index is 0.414. The van der Waals surface area contributed by atoms with Crippen molar-refractivity contribution in [1.29, 1.82) is 0 Å². The highest BCUT2D eigenvalue weighted by Crippen LogP contribution is 2.16. The molecular formula is C15H23N3S. The first-order valence-corrected chi connectivity index (χ1v) is 7.93. The molecule has 2 aromatic rings. The number of aryl methyl sites for hydroxylation is 1. The Kier molecular flexibility index (Phi) is 5.16. The summed E-state index contributed by atoms with van der Waals surface area (Å²) in [5.41, 5.74) is 2.51. The van der Waals surface area contributed by atoms with Gasteiger partial charge in [0.25, 0.3) is 0 Å². The van der Waals surface area contributed by atoms with Crippen LogP contribution in [0, 0.1) is 0 Å². The Hall–Kier alpha value is -1.13. The molecular weight excluding hydrogens is 254 g/mol. The highest BCUT2D eigenvalue weighted by atomic mass is 32.1. The second kappa shape index (κ2) is 6.87. The van der Waals surface area contributed by atoms with Gasteiger partial charge in [-0.3, -0.25) is 0 Å². The summed E-state index contributed by atoms with van der Waals surface area (Å²) >= 11 is 1.78. The van der Waals surface area contributed by atoms with Crippen LogP contribution in [-0.2, 0) is 13.0 Å². The van der Waals surface area contributed by atoms with Crippen LogP contribution in [0.2, 0.25) is 0 Å². The van der Waals surface area contributed by atoms with Crippen LogP contribution in [0.15, 0.2) is 23.8 Å². The van der Waals surface area contributed by atoms with E-state index in [0.29, 0.717) is 6.04 Å².